The van der Waals surface area contributed by atoms with Crippen LogP contribution >= 0.6 is 34.9 Å². The quantitative estimate of drug-likeness (QED) is 0.599. The summed E-state index contributed by atoms with van der Waals surface area (Å²) in [6.07, 6.45) is 0. The van der Waals surface area contributed by atoms with Crippen LogP contribution in [0.1, 0.15) is 16.0 Å². The third-order valence-electron chi connectivity index (χ3n) is 3.28. The van der Waals surface area contributed by atoms with Gasteiger partial charge in [-0.2, -0.15) is 28.8 Å². The number of thioether (sulfide) groups is 2. The summed E-state index contributed by atoms with van der Waals surface area (Å²) in [7, 11) is 0. The van der Waals surface area contributed by atoms with Crippen LogP contribution in [-0.2, 0) is 11.5 Å². The van der Waals surface area contributed by atoms with Crippen LogP contribution in [0.2, 0.25) is 0 Å². The molecule has 0 atom stereocenters. The first-order chi connectivity index (χ1) is 12.3. The Morgan fingerprint density at radius 3 is 2.44 bits per heavy atom. The number of carbonyl (C=O) groups excluding carboxylic acids is 1. The fourth-order valence-electron chi connectivity index (χ4n) is 2.04. The van der Waals surface area contributed by atoms with Crippen LogP contribution in [0.4, 0.5) is 4.79 Å². The molecule has 0 aliphatic carbocycles. The molecule has 7 heteroatoms. The molecule has 2 amide bonds. The average molecular weight is 392 g/mol. The van der Waals surface area contributed by atoms with Crippen molar-refractivity contribution in [3.8, 4) is 6.07 Å². The van der Waals surface area contributed by atoms with Gasteiger partial charge in [-0.15, -0.1) is 11.3 Å². The summed E-state index contributed by atoms with van der Waals surface area (Å²) >= 11 is 5.30. The lowest BCUT2D eigenvalue weighted by atomic mass is 10.1. The zero-order chi connectivity index (χ0) is 17.7. The molecule has 1 heterocycles. The van der Waals surface area contributed by atoms with E-state index in [0.29, 0.717) is 13.1 Å². The SMILES string of the molecule is N#Cc1ccccc1CSCCNC(=O)NCCSCc1cccs1. The molecule has 132 valence electrons. The minimum atomic E-state index is -0.116. The lowest BCUT2D eigenvalue weighted by molar-refractivity contribution is 0.242. The molecule has 0 fully saturated rings. The highest BCUT2D eigenvalue weighted by Gasteiger charge is 2.02. The molecule has 0 spiro atoms. The first-order valence-corrected chi connectivity index (χ1v) is 11.2. The minimum Gasteiger partial charge on any atom is -0.337 e. The highest BCUT2D eigenvalue weighted by atomic mass is 32.2. The molecule has 0 saturated carbocycles. The number of amides is 2. The highest BCUT2D eigenvalue weighted by molar-refractivity contribution is 7.98. The number of hydrogen-bond donors (Lipinski definition) is 2. The Morgan fingerprint density at radius 2 is 1.76 bits per heavy atom. The monoisotopic (exact) mass is 391 g/mol. The molecule has 1 aromatic heterocycles. The van der Waals surface area contributed by atoms with E-state index in [1.807, 2.05) is 36.0 Å². The number of nitrogens with one attached hydrogen (secondary N) is 2. The van der Waals surface area contributed by atoms with Crippen molar-refractivity contribution in [3.05, 3.63) is 57.8 Å². The zero-order valence-electron chi connectivity index (χ0n) is 13.9. The lowest BCUT2D eigenvalue weighted by Crippen LogP contribution is -2.37. The van der Waals surface area contributed by atoms with E-state index >= 15 is 0 Å². The van der Waals surface area contributed by atoms with Crippen molar-refractivity contribution in [2.45, 2.75) is 11.5 Å². The summed E-state index contributed by atoms with van der Waals surface area (Å²) in [5.74, 6) is 3.51. The molecule has 1 aromatic carbocycles. The molecular formula is C18H21N3OS3. The molecule has 2 rings (SSSR count). The molecule has 0 bridgehead atoms. The summed E-state index contributed by atoms with van der Waals surface area (Å²) < 4.78 is 0. The Labute approximate surface area is 161 Å². The Kier molecular flexibility index (Phi) is 9.34. The molecule has 0 unspecified atom stereocenters. The van der Waals surface area contributed by atoms with E-state index in [2.05, 4.69) is 34.2 Å². The predicted molar refractivity (Wildman–Crippen MR) is 109 cm³/mol. The van der Waals surface area contributed by atoms with E-state index < -0.39 is 0 Å². The van der Waals surface area contributed by atoms with Crippen LogP contribution in [0.5, 0.6) is 0 Å². The Hall–Kier alpha value is -1.62. The first kappa shape index (κ1) is 19.7. The molecule has 4 nitrogen and oxygen atoms in total. The smallest absolute Gasteiger partial charge is 0.314 e. The number of nitrogens with zero attached hydrogens (tertiary/aromatic N) is 1. The molecular weight excluding hydrogens is 370 g/mol. The van der Waals surface area contributed by atoms with E-state index in [1.54, 1.807) is 23.1 Å². The number of carbonyl (C=O) groups is 1. The van der Waals surface area contributed by atoms with Gasteiger partial charge in [0.2, 0.25) is 0 Å². The molecule has 0 radical (unpaired) electrons. The maximum absolute atomic E-state index is 11.7. The maximum atomic E-state index is 11.7. The van der Waals surface area contributed by atoms with Gasteiger partial charge >= 0.3 is 6.03 Å². The van der Waals surface area contributed by atoms with E-state index in [0.717, 1.165) is 34.1 Å². The van der Waals surface area contributed by atoms with Crippen LogP contribution in [0.3, 0.4) is 0 Å². The number of benzene rings is 1. The van der Waals surface area contributed by atoms with Crippen molar-refractivity contribution < 1.29 is 4.79 Å². The van der Waals surface area contributed by atoms with Crippen LogP contribution < -0.4 is 10.6 Å². The van der Waals surface area contributed by atoms with Gasteiger partial charge in [0.1, 0.15) is 0 Å². The van der Waals surface area contributed by atoms with Gasteiger partial charge in [-0.1, -0.05) is 24.3 Å². The summed E-state index contributed by atoms with van der Waals surface area (Å²) in [6, 6.07) is 13.9. The van der Waals surface area contributed by atoms with Gasteiger partial charge < -0.3 is 10.6 Å². The Morgan fingerprint density at radius 1 is 1.04 bits per heavy atom. The molecule has 2 aromatic rings. The number of rotatable bonds is 10. The third kappa shape index (κ3) is 7.86. The lowest BCUT2D eigenvalue weighted by Gasteiger charge is -2.08. The normalized spacial score (nSPS) is 10.2. The second-order valence-corrected chi connectivity index (χ2v) is 8.38. The van der Waals surface area contributed by atoms with E-state index in [9.17, 15) is 4.79 Å². The van der Waals surface area contributed by atoms with Crippen molar-refractivity contribution in [1.29, 1.82) is 5.26 Å². The predicted octanol–water partition coefficient (Wildman–Crippen LogP) is 4.09. The Balaban J connectivity index is 1.47. The molecule has 2 N–H and O–H groups in total. The van der Waals surface area contributed by atoms with Gasteiger partial charge in [-0.25, -0.2) is 4.79 Å². The second kappa shape index (κ2) is 11.9. The molecule has 0 saturated heterocycles. The van der Waals surface area contributed by atoms with Crippen LogP contribution in [0.15, 0.2) is 41.8 Å². The summed E-state index contributed by atoms with van der Waals surface area (Å²) in [4.78, 5) is 13.1. The van der Waals surface area contributed by atoms with Crippen molar-refractivity contribution in [1.82, 2.24) is 10.6 Å². The number of thiophene rings is 1. The van der Waals surface area contributed by atoms with Gasteiger partial charge in [0, 0.05) is 41.0 Å². The van der Waals surface area contributed by atoms with Gasteiger partial charge in [0.05, 0.1) is 11.6 Å². The van der Waals surface area contributed by atoms with Gasteiger partial charge in [0.15, 0.2) is 0 Å². The van der Waals surface area contributed by atoms with Crippen LogP contribution in [0, 0.1) is 11.3 Å². The van der Waals surface area contributed by atoms with Crippen molar-refractivity contribution in [2.75, 3.05) is 24.6 Å². The maximum Gasteiger partial charge on any atom is 0.314 e. The second-order valence-electron chi connectivity index (χ2n) is 5.14. The number of nitriles is 1. The van der Waals surface area contributed by atoms with Gasteiger partial charge in [-0.3, -0.25) is 0 Å². The fraction of sp³-hybridized carbons (Fsp3) is 0.333. The molecule has 0 aliphatic heterocycles. The summed E-state index contributed by atoms with van der Waals surface area (Å²) in [5.41, 5.74) is 1.77. The van der Waals surface area contributed by atoms with Crippen molar-refractivity contribution in [3.63, 3.8) is 0 Å². The first-order valence-electron chi connectivity index (χ1n) is 7.97. The third-order valence-corrected chi connectivity index (χ3v) is 6.36. The Bertz CT molecular complexity index is 683. The minimum absolute atomic E-state index is 0.116. The van der Waals surface area contributed by atoms with E-state index in [1.165, 1.54) is 4.88 Å². The molecule has 0 aliphatic rings. The van der Waals surface area contributed by atoms with Crippen molar-refractivity contribution in [2.24, 2.45) is 0 Å². The summed E-state index contributed by atoms with van der Waals surface area (Å²) in [5, 5.41) is 16.9. The molecule has 25 heavy (non-hydrogen) atoms. The zero-order valence-corrected chi connectivity index (χ0v) is 16.3. The van der Waals surface area contributed by atoms with Gasteiger partial charge in [0.25, 0.3) is 0 Å². The highest BCUT2D eigenvalue weighted by Crippen LogP contribution is 2.16. The standard InChI is InChI=1S/C18H21N3OS3/c19-12-15-4-1-2-5-16(15)13-23-10-7-20-18(22)21-8-11-24-14-17-6-3-9-25-17/h1-6,9H,7-8,10-11,13-14H2,(H2,20,21,22). The van der Waals surface area contributed by atoms with E-state index in [-0.39, 0.29) is 6.03 Å². The number of hydrogen-bond acceptors (Lipinski definition) is 5. The van der Waals surface area contributed by atoms with Crippen LogP contribution in [-0.4, -0.2) is 30.6 Å². The average Bonchev–Trinajstić information content (AvgIpc) is 3.15. The van der Waals surface area contributed by atoms with E-state index in [4.69, 9.17) is 5.26 Å². The largest absolute Gasteiger partial charge is 0.337 e. The topological polar surface area (TPSA) is 64.9 Å². The van der Waals surface area contributed by atoms with Crippen molar-refractivity contribution >= 4 is 40.9 Å². The fourth-order valence-corrected chi connectivity index (χ4v) is 4.60. The number of urea groups is 1. The van der Waals surface area contributed by atoms with Gasteiger partial charge in [-0.05, 0) is 23.1 Å². The van der Waals surface area contributed by atoms with Crippen LogP contribution in [0.25, 0.3) is 0 Å². The summed E-state index contributed by atoms with van der Waals surface area (Å²) in [6.45, 7) is 1.29.